The number of hydrogen-bond acceptors (Lipinski definition) is 4. The van der Waals surface area contributed by atoms with Crippen LogP contribution in [0.25, 0.3) is 6.08 Å². The lowest BCUT2D eigenvalue weighted by atomic mass is 10.1. The molecule has 3 aromatic carbocycles. The second-order valence-electron chi connectivity index (χ2n) is 7.57. The van der Waals surface area contributed by atoms with Gasteiger partial charge in [-0.15, -0.1) is 0 Å². The number of carbonyl (C=O) groups is 1. The van der Waals surface area contributed by atoms with Gasteiger partial charge in [-0.05, 0) is 48.7 Å². The summed E-state index contributed by atoms with van der Waals surface area (Å²) in [6.45, 7) is 4.30. The molecule has 1 amide bonds. The Bertz CT molecular complexity index is 1180. The first-order valence-corrected chi connectivity index (χ1v) is 11.2. The van der Waals surface area contributed by atoms with Crippen LogP contribution in [0.1, 0.15) is 35.2 Å². The van der Waals surface area contributed by atoms with Crippen LogP contribution in [0, 0.1) is 18.3 Å². The Hall–Kier alpha value is -3.56. The van der Waals surface area contributed by atoms with Crippen molar-refractivity contribution in [3.05, 3.63) is 99.0 Å². The van der Waals surface area contributed by atoms with Crippen molar-refractivity contribution in [1.29, 1.82) is 5.26 Å². The van der Waals surface area contributed by atoms with E-state index >= 15 is 0 Å². The molecule has 6 heteroatoms. The molecule has 0 saturated carbocycles. The molecular formula is C27H25BrN2O3. The number of nitriles is 1. The molecule has 3 aromatic rings. The zero-order valence-corrected chi connectivity index (χ0v) is 20.3. The van der Waals surface area contributed by atoms with E-state index in [0.29, 0.717) is 28.1 Å². The van der Waals surface area contributed by atoms with Crippen LogP contribution in [0.3, 0.4) is 0 Å². The summed E-state index contributed by atoms with van der Waals surface area (Å²) in [5.41, 5.74) is 3.81. The summed E-state index contributed by atoms with van der Waals surface area (Å²) in [6, 6.07) is 23.0. The monoisotopic (exact) mass is 504 g/mol. The van der Waals surface area contributed by atoms with Gasteiger partial charge in [-0.25, -0.2) is 0 Å². The highest BCUT2D eigenvalue weighted by molar-refractivity contribution is 9.10. The molecule has 5 nitrogen and oxygen atoms in total. The Morgan fingerprint density at radius 3 is 2.45 bits per heavy atom. The van der Waals surface area contributed by atoms with Gasteiger partial charge < -0.3 is 14.8 Å². The van der Waals surface area contributed by atoms with Crippen LogP contribution < -0.4 is 14.8 Å². The first-order valence-electron chi connectivity index (χ1n) is 10.4. The van der Waals surface area contributed by atoms with Crippen LogP contribution in [0.4, 0.5) is 0 Å². The molecule has 0 aliphatic heterocycles. The van der Waals surface area contributed by atoms with E-state index in [2.05, 4.69) is 21.2 Å². The molecule has 0 bridgehead atoms. The van der Waals surface area contributed by atoms with Gasteiger partial charge in [0, 0.05) is 4.47 Å². The number of carbonyl (C=O) groups excluding carboxylic acids is 1. The largest absolute Gasteiger partial charge is 0.493 e. The average molecular weight is 505 g/mol. The second-order valence-corrected chi connectivity index (χ2v) is 8.43. The Morgan fingerprint density at radius 1 is 1.12 bits per heavy atom. The molecule has 0 radical (unpaired) electrons. The van der Waals surface area contributed by atoms with Crippen LogP contribution in [-0.4, -0.2) is 13.0 Å². The van der Waals surface area contributed by atoms with E-state index in [0.717, 1.165) is 11.1 Å². The third-order valence-electron chi connectivity index (χ3n) is 5.11. The summed E-state index contributed by atoms with van der Waals surface area (Å²) in [7, 11) is 1.55. The van der Waals surface area contributed by atoms with Gasteiger partial charge >= 0.3 is 0 Å². The summed E-state index contributed by atoms with van der Waals surface area (Å²) in [5, 5.41) is 12.5. The summed E-state index contributed by atoms with van der Waals surface area (Å²) < 4.78 is 12.1. The van der Waals surface area contributed by atoms with E-state index in [1.807, 2.05) is 74.5 Å². The van der Waals surface area contributed by atoms with E-state index < -0.39 is 5.91 Å². The molecule has 1 N–H and O–H groups in total. The molecule has 33 heavy (non-hydrogen) atoms. The van der Waals surface area contributed by atoms with Crippen molar-refractivity contribution >= 4 is 27.9 Å². The fourth-order valence-electron chi connectivity index (χ4n) is 3.18. The molecule has 0 spiro atoms. The van der Waals surface area contributed by atoms with E-state index in [-0.39, 0.29) is 11.6 Å². The second kappa shape index (κ2) is 11.3. The Morgan fingerprint density at radius 2 is 1.82 bits per heavy atom. The number of benzene rings is 3. The maximum Gasteiger partial charge on any atom is 0.262 e. The number of nitrogens with zero attached hydrogens (tertiary/aromatic N) is 1. The number of hydrogen-bond donors (Lipinski definition) is 1. The predicted molar refractivity (Wildman–Crippen MR) is 133 cm³/mol. The Labute approximate surface area is 202 Å². The zero-order valence-electron chi connectivity index (χ0n) is 18.8. The molecule has 0 fully saturated rings. The number of nitrogens with one attached hydrogen (secondary N) is 1. The van der Waals surface area contributed by atoms with Crippen molar-refractivity contribution in [2.45, 2.75) is 26.5 Å². The molecule has 0 aliphatic carbocycles. The topological polar surface area (TPSA) is 71.3 Å². The summed E-state index contributed by atoms with van der Waals surface area (Å²) in [4.78, 5) is 12.7. The van der Waals surface area contributed by atoms with Gasteiger partial charge in [0.15, 0.2) is 11.5 Å². The number of rotatable bonds is 8. The van der Waals surface area contributed by atoms with Crippen molar-refractivity contribution in [3.8, 4) is 17.6 Å². The third kappa shape index (κ3) is 6.47. The van der Waals surface area contributed by atoms with Crippen molar-refractivity contribution in [3.63, 3.8) is 0 Å². The van der Waals surface area contributed by atoms with Gasteiger partial charge in [0.25, 0.3) is 5.91 Å². The van der Waals surface area contributed by atoms with Gasteiger partial charge in [-0.2, -0.15) is 5.26 Å². The maximum atomic E-state index is 12.7. The third-order valence-corrected chi connectivity index (χ3v) is 5.80. The Kier molecular flexibility index (Phi) is 8.28. The lowest BCUT2D eigenvalue weighted by Crippen LogP contribution is -2.27. The van der Waals surface area contributed by atoms with Crippen LogP contribution in [0.5, 0.6) is 11.5 Å². The van der Waals surface area contributed by atoms with Gasteiger partial charge in [-0.3, -0.25) is 4.79 Å². The zero-order chi connectivity index (χ0) is 23.8. The molecule has 168 valence electrons. The van der Waals surface area contributed by atoms with E-state index in [9.17, 15) is 10.1 Å². The van der Waals surface area contributed by atoms with E-state index in [1.165, 1.54) is 11.6 Å². The Balaban J connectivity index is 1.78. The first-order chi connectivity index (χ1) is 15.9. The van der Waals surface area contributed by atoms with Crippen molar-refractivity contribution in [2.24, 2.45) is 0 Å². The highest BCUT2D eigenvalue weighted by Gasteiger charge is 2.16. The van der Waals surface area contributed by atoms with Crippen LogP contribution in [0.15, 0.2) is 76.8 Å². The van der Waals surface area contributed by atoms with Crippen molar-refractivity contribution in [1.82, 2.24) is 5.32 Å². The van der Waals surface area contributed by atoms with Gasteiger partial charge in [0.05, 0.1) is 13.2 Å². The molecule has 1 atom stereocenters. The predicted octanol–water partition coefficient (Wildman–Crippen LogP) is 6.13. The molecule has 0 unspecified atom stereocenters. The van der Waals surface area contributed by atoms with Gasteiger partial charge in [-0.1, -0.05) is 76.1 Å². The number of aryl methyl sites for hydroxylation is 1. The highest BCUT2D eigenvalue weighted by atomic mass is 79.9. The summed E-state index contributed by atoms with van der Waals surface area (Å²) >= 11 is 3.52. The van der Waals surface area contributed by atoms with Crippen LogP contribution in [-0.2, 0) is 11.4 Å². The number of halogens is 1. The summed E-state index contributed by atoms with van der Waals surface area (Å²) in [6.07, 6.45) is 1.53. The standard InChI is InChI=1S/C27H25BrN2O3/c1-18-9-11-20(12-10-18)17-33-26-15-24(28)22(14-25(26)32-3)13-23(16-29)27(31)30-19(2)21-7-5-4-6-8-21/h4-15,19H,17H2,1-3H3,(H,30,31)/b23-13-/t19-/m0/s1. The van der Waals surface area contributed by atoms with Crippen LogP contribution in [0.2, 0.25) is 0 Å². The van der Waals surface area contributed by atoms with Crippen molar-refractivity contribution in [2.75, 3.05) is 7.11 Å². The minimum atomic E-state index is -0.445. The normalized spacial score (nSPS) is 11.9. The molecule has 0 saturated heterocycles. The minimum Gasteiger partial charge on any atom is -0.493 e. The lowest BCUT2D eigenvalue weighted by Gasteiger charge is -2.15. The van der Waals surface area contributed by atoms with Gasteiger partial charge in [0.2, 0.25) is 0 Å². The maximum absolute atomic E-state index is 12.7. The highest BCUT2D eigenvalue weighted by Crippen LogP contribution is 2.35. The number of amides is 1. The number of methoxy groups -OCH3 is 1. The average Bonchev–Trinajstić information content (AvgIpc) is 2.83. The quantitative estimate of drug-likeness (QED) is 0.295. The minimum absolute atomic E-state index is 0.00569. The lowest BCUT2D eigenvalue weighted by molar-refractivity contribution is -0.117. The fourth-order valence-corrected chi connectivity index (χ4v) is 3.62. The van der Waals surface area contributed by atoms with Crippen molar-refractivity contribution < 1.29 is 14.3 Å². The molecule has 0 aliphatic rings. The fraction of sp³-hybridized carbons (Fsp3) is 0.185. The van der Waals surface area contributed by atoms with Gasteiger partial charge in [0.1, 0.15) is 18.2 Å². The molecule has 0 heterocycles. The van der Waals surface area contributed by atoms with Crippen LogP contribution >= 0.6 is 15.9 Å². The number of ether oxygens (including phenoxy) is 2. The SMILES string of the molecule is COc1cc(/C=C(/C#N)C(=O)N[C@@H](C)c2ccccc2)c(Br)cc1OCc1ccc(C)cc1. The first kappa shape index (κ1) is 24.1. The van der Waals surface area contributed by atoms with E-state index in [4.69, 9.17) is 9.47 Å². The molecular weight excluding hydrogens is 480 g/mol. The summed E-state index contributed by atoms with van der Waals surface area (Å²) in [5.74, 6) is 0.620. The molecule has 3 rings (SSSR count). The van der Waals surface area contributed by atoms with E-state index in [1.54, 1.807) is 19.2 Å². The molecule has 0 aromatic heterocycles. The smallest absolute Gasteiger partial charge is 0.262 e.